The van der Waals surface area contributed by atoms with Gasteiger partial charge in [0, 0.05) is 17.5 Å². The zero-order chi connectivity index (χ0) is 21.8. The van der Waals surface area contributed by atoms with Crippen LogP contribution in [0, 0.1) is 17.6 Å². The first-order valence-corrected chi connectivity index (χ1v) is 10.2. The molecule has 0 bridgehead atoms. The molecule has 3 aromatic rings. The van der Waals surface area contributed by atoms with Crippen molar-refractivity contribution in [3.63, 3.8) is 0 Å². The normalized spacial score (nSPS) is 15.4. The Bertz CT molecular complexity index is 1080. The van der Waals surface area contributed by atoms with Crippen LogP contribution in [-0.2, 0) is 12.8 Å². The van der Waals surface area contributed by atoms with Crippen LogP contribution in [-0.4, -0.2) is 24.1 Å². The maximum Gasteiger partial charge on any atom is 0.167 e. The number of hydrogen-bond acceptors (Lipinski definition) is 4. The van der Waals surface area contributed by atoms with Crippen molar-refractivity contribution >= 4 is 5.78 Å². The van der Waals surface area contributed by atoms with E-state index in [0.29, 0.717) is 17.7 Å². The van der Waals surface area contributed by atoms with E-state index < -0.39 is 11.6 Å². The van der Waals surface area contributed by atoms with Crippen LogP contribution in [0.2, 0.25) is 0 Å². The number of rotatable bonds is 7. The highest BCUT2D eigenvalue weighted by Gasteiger charge is 2.27. The fourth-order valence-corrected chi connectivity index (χ4v) is 3.81. The topological polar surface area (TPSA) is 55.8 Å². The zero-order valence-corrected chi connectivity index (χ0v) is 16.8. The summed E-state index contributed by atoms with van der Waals surface area (Å²) >= 11 is 0. The number of phenols is 1. The fraction of sp³-hybridized carbons (Fsp3) is 0.240. The first-order chi connectivity index (χ1) is 15.0. The quantitative estimate of drug-likeness (QED) is 0.535. The Morgan fingerprint density at radius 3 is 2.48 bits per heavy atom. The predicted octanol–water partition coefficient (Wildman–Crippen LogP) is 5.12. The number of aryl methyl sites for hydroxylation is 1. The molecule has 1 aliphatic carbocycles. The summed E-state index contributed by atoms with van der Waals surface area (Å²) in [5, 5.41) is 9.60. The van der Waals surface area contributed by atoms with Crippen LogP contribution in [0.15, 0.2) is 60.7 Å². The third-order valence-corrected chi connectivity index (χ3v) is 5.40. The van der Waals surface area contributed by atoms with E-state index in [-0.39, 0.29) is 36.4 Å². The van der Waals surface area contributed by atoms with Crippen LogP contribution >= 0.6 is 0 Å². The van der Waals surface area contributed by atoms with Crippen LogP contribution in [0.3, 0.4) is 0 Å². The van der Waals surface area contributed by atoms with Crippen molar-refractivity contribution in [2.45, 2.75) is 19.3 Å². The number of carbonyl (C=O) groups is 1. The third kappa shape index (κ3) is 5.02. The molecule has 3 aromatic carbocycles. The van der Waals surface area contributed by atoms with Gasteiger partial charge >= 0.3 is 0 Å². The monoisotopic (exact) mass is 424 g/mol. The van der Waals surface area contributed by atoms with Crippen molar-refractivity contribution in [1.82, 2.24) is 0 Å². The van der Waals surface area contributed by atoms with Gasteiger partial charge in [-0.15, -0.1) is 0 Å². The molecule has 1 N–H and O–H groups in total. The predicted molar refractivity (Wildman–Crippen MR) is 112 cm³/mol. The van der Waals surface area contributed by atoms with Crippen molar-refractivity contribution < 1.29 is 28.2 Å². The van der Waals surface area contributed by atoms with Gasteiger partial charge in [0.1, 0.15) is 30.5 Å². The summed E-state index contributed by atoms with van der Waals surface area (Å²) in [6, 6.07) is 15.6. The summed E-state index contributed by atoms with van der Waals surface area (Å²) in [7, 11) is 0. The molecule has 0 saturated heterocycles. The van der Waals surface area contributed by atoms with Crippen molar-refractivity contribution in [2.24, 2.45) is 5.92 Å². The molecule has 0 fully saturated rings. The molecule has 0 aliphatic heterocycles. The van der Waals surface area contributed by atoms with Crippen molar-refractivity contribution in [3.8, 4) is 17.2 Å². The molecule has 1 unspecified atom stereocenters. The molecule has 0 saturated carbocycles. The van der Waals surface area contributed by atoms with Gasteiger partial charge in [0.15, 0.2) is 17.3 Å². The summed E-state index contributed by atoms with van der Waals surface area (Å²) in [6.07, 6.45) is 2.17. The molecule has 0 amide bonds. The summed E-state index contributed by atoms with van der Waals surface area (Å²) in [6.45, 7) is 0.330. The summed E-state index contributed by atoms with van der Waals surface area (Å²) in [5.41, 5.74) is 2.65. The van der Waals surface area contributed by atoms with Crippen LogP contribution in [0.4, 0.5) is 8.78 Å². The van der Waals surface area contributed by atoms with Gasteiger partial charge in [-0.3, -0.25) is 4.79 Å². The lowest BCUT2D eigenvalue weighted by Gasteiger charge is -2.23. The molecule has 1 atom stereocenters. The standard InChI is InChI=1S/C25H22F2O4/c26-19-5-10-24(23(27)15-19)31-12-11-30-21-7-1-16(2-8-21)13-18-4-3-17-14-20(28)6-9-22(17)25(18)29/h1-2,5-10,14-15,18,28H,3-4,11-13H2. The lowest BCUT2D eigenvalue weighted by Crippen LogP contribution is -2.24. The van der Waals surface area contributed by atoms with E-state index >= 15 is 0 Å². The Balaban J connectivity index is 1.27. The second kappa shape index (κ2) is 9.16. The van der Waals surface area contributed by atoms with E-state index in [2.05, 4.69) is 0 Å². The van der Waals surface area contributed by atoms with Gasteiger partial charge in [-0.05, 0) is 72.9 Å². The average molecular weight is 424 g/mol. The number of Topliss-reactive ketones (excluding diaryl/α,β-unsaturated/α-hetero) is 1. The van der Waals surface area contributed by atoms with Gasteiger partial charge in [-0.1, -0.05) is 12.1 Å². The lowest BCUT2D eigenvalue weighted by molar-refractivity contribution is 0.0901. The molecule has 0 heterocycles. The highest BCUT2D eigenvalue weighted by Crippen LogP contribution is 2.30. The number of ether oxygens (including phenoxy) is 2. The van der Waals surface area contributed by atoms with Crippen LogP contribution in [0.1, 0.15) is 27.9 Å². The van der Waals surface area contributed by atoms with Gasteiger partial charge < -0.3 is 14.6 Å². The van der Waals surface area contributed by atoms with Gasteiger partial charge in [-0.2, -0.15) is 0 Å². The maximum atomic E-state index is 13.5. The van der Waals surface area contributed by atoms with Crippen molar-refractivity contribution in [3.05, 3.63) is 89.0 Å². The molecular formula is C25H22F2O4. The smallest absolute Gasteiger partial charge is 0.167 e. The number of fused-ring (bicyclic) bond motifs is 1. The first-order valence-electron chi connectivity index (χ1n) is 10.2. The molecule has 160 valence electrons. The van der Waals surface area contributed by atoms with E-state index in [1.165, 1.54) is 6.07 Å². The Morgan fingerprint density at radius 2 is 1.71 bits per heavy atom. The van der Waals surface area contributed by atoms with E-state index in [9.17, 15) is 18.7 Å². The first kappa shape index (κ1) is 20.8. The summed E-state index contributed by atoms with van der Waals surface area (Å²) in [4.78, 5) is 12.8. The van der Waals surface area contributed by atoms with E-state index in [0.717, 1.165) is 36.1 Å². The summed E-state index contributed by atoms with van der Waals surface area (Å²) < 4.78 is 37.3. The van der Waals surface area contributed by atoms with Gasteiger partial charge in [-0.25, -0.2) is 8.78 Å². The Labute approximate surface area is 179 Å². The van der Waals surface area contributed by atoms with Crippen LogP contribution < -0.4 is 9.47 Å². The zero-order valence-electron chi connectivity index (χ0n) is 16.8. The molecule has 4 rings (SSSR count). The average Bonchev–Trinajstić information content (AvgIpc) is 2.75. The molecule has 1 aliphatic rings. The number of ketones is 1. The Morgan fingerprint density at radius 1 is 0.935 bits per heavy atom. The lowest BCUT2D eigenvalue weighted by atomic mass is 9.79. The van der Waals surface area contributed by atoms with E-state index in [1.54, 1.807) is 18.2 Å². The highest BCUT2D eigenvalue weighted by molar-refractivity contribution is 6.00. The van der Waals surface area contributed by atoms with Gasteiger partial charge in [0.25, 0.3) is 0 Å². The largest absolute Gasteiger partial charge is 0.508 e. The van der Waals surface area contributed by atoms with Gasteiger partial charge in [0.05, 0.1) is 0 Å². The Kier molecular flexibility index (Phi) is 6.16. The highest BCUT2D eigenvalue weighted by atomic mass is 19.1. The minimum atomic E-state index is -0.749. The van der Waals surface area contributed by atoms with E-state index in [1.807, 2.05) is 24.3 Å². The molecule has 0 aromatic heterocycles. The van der Waals surface area contributed by atoms with Crippen molar-refractivity contribution in [1.29, 1.82) is 0 Å². The van der Waals surface area contributed by atoms with Crippen LogP contribution in [0.5, 0.6) is 17.2 Å². The Hall–Kier alpha value is -3.41. The minimum absolute atomic E-state index is 0.0192. The number of halogens is 2. The molecule has 0 spiro atoms. The molecule has 4 nitrogen and oxygen atoms in total. The minimum Gasteiger partial charge on any atom is -0.508 e. The second-order valence-electron chi connectivity index (χ2n) is 7.56. The number of aromatic hydroxyl groups is 1. The van der Waals surface area contributed by atoms with Crippen LogP contribution in [0.25, 0.3) is 0 Å². The molecule has 6 heteroatoms. The third-order valence-electron chi connectivity index (χ3n) is 5.40. The molecule has 31 heavy (non-hydrogen) atoms. The number of carbonyl (C=O) groups excluding carboxylic acids is 1. The number of phenolic OH excluding ortho intramolecular Hbond substituents is 1. The number of benzene rings is 3. The molecule has 0 radical (unpaired) electrons. The van der Waals surface area contributed by atoms with Crippen molar-refractivity contribution in [2.75, 3.05) is 13.2 Å². The molecular weight excluding hydrogens is 402 g/mol. The van der Waals surface area contributed by atoms with Gasteiger partial charge in [0.2, 0.25) is 0 Å². The van der Waals surface area contributed by atoms with E-state index in [4.69, 9.17) is 9.47 Å². The second-order valence-corrected chi connectivity index (χ2v) is 7.56. The number of hydrogen-bond donors (Lipinski definition) is 1. The fourth-order valence-electron chi connectivity index (χ4n) is 3.81. The maximum absolute atomic E-state index is 13.5. The SMILES string of the molecule is O=C1c2ccc(O)cc2CCC1Cc1ccc(OCCOc2ccc(F)cc2F)cc1. The summed E-state index contributed by atoms with van der Waals surface area (Å²) in [5.74, 6) is -0.555.